The molecule has 0 heterocycles. The van der Waals surface area contributed by atoms with Crippen molar-refractivity contribution >= 4 is 17.5 Å². The molecule has 82 valence electrons. The fourth-order valence-corrected chi connectivity index (χ4v) is 1.30. The van der Waals surface area contributed by atoms with Gasteiger partial charge in [0, 0.05) is 5.02 Å². The summed E-state index contributed by atoms with van der Waals surface area (Å²) in [5.74, 6) is -0.642. The first-order valence-electron chi connectivity index (χ1n) is 3.94. The molecule has 0 saturated carbocycles. The summed E-state index contributed by atoms with van der Waals surface area (Å²) in [5.41, 5.74) is 4.34. The zero-order chi connectivity index (χ0) is 11.6. The summed E-state index contributed by atoms with van der Waals surface area (Å²) in [4.78, 5) is 10.5. The highest BCUT2D eigenvalue weighted by molar-refractivity contribution is 6.31. The van der Waals surface area contributed by atoms with Crippen molar-refractivity contribution in [3.05, 3.63) is 34.3 Å². The van der Waals surface area contributed by atoms with Crippen molar-refractivity contribution in [2.24, 2.45) is 5.73 Å². The molecule has 0 aliphatic heterocycles. The second-order valence-electron chi connectivity index (χ2n) is 2.95. The predicted octanol–water partition coefficient (Wildman–Crippen LogP) is 2.39. The number of hydrogen-bond donors (Lipinski definition) is 1. The van der Waals surface area contributed by atoms with Crippen LogP contribution in [-0.2, 0) is 17.4 Å². The van der Waals surface area contributed by atoms with Gasteiger partial charge < -0.3 is 5.73 Å². The number of benzene rings is 1. The highest BCUT2D eigenvalue weighted by atomic mass is 35.5. The topological polar surface area (TPSA) is 43.1 Å². The normalized spacial score (nSPS) is 11.5. The minimum Gasteiger partial charge on any atom is -0.369 e. The van der Waals surface area contributed by atoms with Gasteiger partial charge in [0.05, 0.1) is 12.0 Å². The van der Waals surface area contributed by atoms with Crippen molar-refractivity contribution in [1.82, 2.24) is 0 Å². The fourth-order valence-electron chi connectivity index (χ4n) is 1.05. The van der Waals surface area contributed by atoms with Crippen molar-refractivity contribution < 1.29 is 18.0 Å². The Kier molecular flexibility index (Phi) is 3.24. The van der Waals surface area contributed by atoms with Crippen LogP contribution in [0.3, 0.4) is 0 Å². The molecule has 1 amide bonds. The number of hydrogen-bond acceptors (Lipinski definition) is 1. The third kappa shape index (κ3) is 3.13. The number of amides is 1. The smallest absolute Gasteiger partial charge is 0.369 e. The van der Waals surface area contributed by atoms with Crippen LogP contribution in [-0.4, -0.2) is 5.91 Å². The lowest BCUT2D eigenvalue weighted by atomic mass is 10.1. The highest BCUT2D eigenvalue weighted by Crippen LogP contribution is 2.32. The minimum atomic E-state index is -4.44. The zero-order valence-corrected chi connectivity index (χ0v) is 8.19. The first-order valence-corrected chi connectivity index (χ1v) is 4.32. The number of halogens is 4. The monoisotopic (exact) mass is 237 g/mol. The largest absolute Gasteiger partial charge is 0.416 e. The van der Waals surface area contributed by atoms with Crippen LogP contribution in [0.15, 0.2) is 18.2 Å². The van der Waals surface area contributed by atoms with Crippen LogP contribution >= 0.6 is 11.6 Å². The van der Waals surface area contributed by atoms with E-state index in [2.05, 4.69) is 0 Å². The molecule has 0 fully saturated rings. The van der Waals surface area contributed by atoms with Crippen LogP contribution in [0.2, 0.25) is 5.02 Å². The molecule has 0 atom stereocenters. The van der Waals surface area contributed by atoms with Crippen LogP contribution in [0.5, 0.6) is 0 Å². The minimum absolute atomic E-state index is 0.108. The number of nitrogens with two attached hydrogens (primary N) is 1. The maximum atomic E-state index is 12.2. The van der Waals surface area contributed by atoms with E-state index in [9.17, 15) is 18.0 Å². The van der Waals surface area contributed by atoms with E-state index in [1.165, 1.54) is 0 Å². The van der Waals surface area contributed by atoms with Crippen molar-refractivity contribution in [3.63, 3.8) is 0 Å². The lowest BCUT2D eigenvalue weighted by Crippen LogP contribution is -2.14. The van der Waals surface area contributed by atoms with E-state index in [0.29, 0.717) is 0 Å². The van der Waals surface area contributed by atoms with Crippen LogP contribution in [0.25, 0.3) is 0 Å². The Morgan fingerprint density at radius 2 is 2.00 bits per heavy atom. The molecule has 1 rings (SSSR count). The quantitative estimate of drug-likeness (QED) is 0.843. The number of carbonyl (C=O) groups excluding carboxylic acids is 1. The third-order valence-corrected chi connectivity index (χ3v) is 2.10. The summed E-state index contributed by atoms with van der Waals surface area (Å²) < 4.78 is 36.6. The van der Waals surface area contributed by atoms with Gasteiger partial charge in [-0.15, -0.1) is 0 Å². The van der Waals surface area contributed by atoms with Crippen molar-refractivity contribution in [3.8, 4) is 0 Å². The summed E-state index contributed by atoms with van der Waals surface area (Å²) in [7, 11) is 0. The second kappa shape index (κ2) is 4.10. The molecule has 0 radical (unpaired) electrons. The summed E-state index contributed by atoms with van der Waals surface area (Å²) in [6.07, 6.45) is -4.61. The zero-order valence-electron chi connectivity index (χ0n) is 7.44. The number of alkyl halides is 3. The summed E-state index contributed by atoms with van der Waals surface area (Å²) in [6, 6.07) is 2.79. The number of rotatable bonds is 2. The van der Waals surface area contributed by atoms with Crippen molar-refractivity contribution in [2.75, 3.05) is 0 Å². The van der Waals surface area contributed by atoms with E-state index >= 15 is 0 Å². The van der Waals surface area contributed by atoms with Gasteiger partial charge in [0.1, 0.15) is 0 Å². The Balaban J connectivity index is 3.03. The molecule has 0 unspecified atom stereocenters. The first kappa shape index (κ1) is 11.8. The summed E-state index contributed by atoms with van der Waals surface area (Å²) in [6.45, 7) is 0. The van der Waals surface area contributed by atoms with E-state index in [-0.39, 0.29) is 17.0 Å². The molecule has 0 bridgehead atoms. The maximum Gasteiger partial charge on any atom is 0.416 e. The molecule has 1 aromatic rings. The molecule has 6 heteroatoms. The summed E-state index contributed by atoms with van der Waals surface area (Å²) >= 11 is 5.57. The Morgan fingerprint density at radius 1 is 1.40 bits per heavy atom. The highest BCUT2D eigenvalue weighted by Gasteiger charge is 2.30. The fraction of sp³-hybridized carbons (Fsp3) is 0.222. The molecule has 2 N–H and O–H groups in total. The van der Waals surface area contributed by atoms with E-state index in [0.717, 1.165) is 18.2 Å². The molecule has 2 nitrogen and oxygen atoms in total. The standard InChI is InChI=1S/C9H7ClF3NO/c10-7-4-6(9(11,12)13)2-1-5(7)3-8(14)15/h1-2,4H,3H2,(H2,14,15). The van der Waals surface area contributed by atoms with Gasteiger partial charge in [-0.25, -0.2) is 0 Å². The SMILES string of the molecule is NC(=O)Cc1ccc(C(F)(F)F)cc1Cl. The van der Waals surface area contributed by atoms with Crippen LogP contribution < -0.4 is 5.73 Å². The van der Waals surface area contributed by atoms with E-state index in [1.807, 2.05) is 0 Å². The average molecular weight is 238 g/mol. The maximum absolute atomic E-state index is 12.2. The Morgan fingerprint density at radius 3 is 2.40 bits per heavy atom. The van der Waals surface area contributed by atoms with Gasteiger partial charge in [-0.1, -0.05) is 17.7 Å². The average Bonchev–Trinajstić information content (AvgIpc) is 2.05. The van der Waals surface area contributed by atoms with Crippen LogP contribution in [0, 0.1) is 0 Å². The van der Waals surface area contributed by atoms with Crippen molar-refractivity contribution in [1.29, 1.82) is 0 Å². The van der Waals surface area contributed by atoms with Gasteiger partial charge in [-0.3, -0.25) is 4.79 Å². The molecule has 0 aliphatic rings. The number of primary amides is 1. The van der Waals surface area contributed by atoms with Gasteiger partial charge in [0.15, 0.2) is 0 Å². The van der Waals surface area contributed by atoms with E-state index in [4.69, 9.17) is 17.3 Å². The van der Waals surface area contributed by atoms with Gasteiger partial charge in [0.25, 0.3) is 0 Å². The Labute approximate surface area is 88.8 Å². The molecule has 15 heavy (non-hydrogen) atoms. The molecular formula is C9H7ClF3NO. The Bertz CT molecular complexity index is 389. The van der Waals surface area contributed by atoms with E-state index in [1.54, 1.807) is 0 Å². The lowest BCUT2D eigenvalue weighted by molar-refractivity contribution is -0.137. The molecule has 1 aromatic carbocycles. The Hall–Kier alpha value is -1.23. The third-order valence-electron chi connectivity index (χ3n) is 1.75. The van der Waals surface area contributed by atoms with Gasteiger partial charge in [-0.2, -0.15) is 13.2 Å². The first-order chi connectivity index (χ1) is 6.80. The second-order valence-corrected chi connectivity index (χ2v) is 3.35. The molecule has 0 aromatic heterocycles. The van der Waals surface area contributed by atoms with Gasteiger partial charge in [-0.05, 0) is 17.7 Å². The van der Waals surface area contributed by atoms with Gasteiger partial charge in [0.2, 0.25) is 5.91 Å². The van der Waals surface area contributed by atoms with Gasteiger partial charge >= 0.3 is 6.18 Å². The van der Waals surface area contributed by atoms with Crippen LogP contribution in [0.1, 0.15) is 11.1 Å². The lowest BCUT2D eigenvalue weighted by Gasteiger charge is -2.08. The molecule has 0 spiro atoms. The summed E-state index contributed by atoms with van der Waals surface area (Å²) in [5, 5.41) is -0.108. The molecule has 0 aliphatic carbocycles. The molecule has 0 saturated heterocycles. The predicted molar refractivity (Wildman–Crippen MR) is 49.4 cm³/mol. The van der Waals surface area contributed by atoms with E-state index < -0.39 is 17.6 Å². The molecular weight excluding hydrogens is 231 g/mol. The van der Waals surface area contributed by atoms with Crippen molar-refractivity contribution in [2.45, 2.75) is 12.6 Å². The number of carbonyl (C=O) groups is 1. The van der Waals surface area contributed by atoms with Crippen LogP contribution in [0.4, 0.5) is 13.2 Å².